The van der Waals surface area contributed by atoms with E-state index in [1.54, 1.807) is 42.5 Å². The smallest absolute Gasteiger partial charge is 0.124 e. The van der Waals surface area contributed by atoms with E-state index in [0.29, 0.717) is 35.4 Å². The van der Waals surface area contributed by atoms with Gasteiger partial charge in [0.1, 0.15) is 11.5 Å². The SMILES string of the molecule is N=C(Cc1ccccc1C(=N)Cc1ccccc1O)c1ccccc1O. The highest BCUT2D eigenvalue weighted by atomic mass is 16.3. The zero-order chi connectivity index (χ0) is 18.5. The van der Waals surface area contributed by atoms with Crippen LogP contribution in [0.2, 0.25) is 0 Å². The summed E-state index contributed by atoms with van der Waals surface area (Å²) in [6.45, 7) is 0. The van der Waals surface area contributed by atoms with E-state index >= 15 is 0 Å². The standard InChI is InChI=1S/C22H20N2O2/c23-19(14-16-8-2-5-11-21(16)25)17-9-3-1-7-15(17)13-20(24)18-10-4-6-12-22(18)26/h1-12,23-26H,13-14H2. The maximum Gasteiger partial charge on any atom is 0.124 e. The monoisotopic (exact) mass is 344 g/mol. The van der Waals surface area contributed by atoms with Crippen LogP contribution >= 0.6 is 0 Å². The summed E-state index contributed by atoms with van der Waals surface area (Å²) in [7, 11) is 0. The van der Waals surface area contributed by atoms with Gasteiger partial charge in [0.25, 0.3) is 0 Å². The predicted octanol–water partition coefficient (Wildman–Crippen LogP) is 4.32. The molecule has 3 aromatic carbocycles. The Morgan fingerprint density at radius 3 is 1.69 bits per heavy atom. The molecular formula is C22H20N2O2. The lowest BCUT2D eigenvalue weighted by Gasteiger charge is -2.13. The first-order valence-electron chi connectivity index (χ1n) is 8.34. The van der Waals surface area contributed by atoms with Crippen molar-refractivity contribution in [1.29, 1.82) is 10.8 Å². The summed E-state index contributed by atoms with van der Waals surface area (Å²) in [6, 6.07) is 21.3. The molecular weight excluding hydrogens is 324 g/mol. The van der Waals surface area contributed by atoms with Crippen LogP contribution in [0.5, 0.6) is 11.5 Å². The lowest BCUT2D eigenvalue weighted by molar-refractivity contribution is 0.470. The Labute approximate surface area is 152 Å². The topological polar surface area (TPSA) is 88.2 Å². The molecule has 0 saturated carbocycles. The summed E-state index contributed by atoms with van der Waals surface area (Å²) >= 11 is 0. The van der Waals surface area contributed by atoms with Crippen molar-refractivity contribution < 1.29 is 10.2 Å². The summed E-state index contributed by atoms with van der Waals surface area (Å²) in [5, 5.41) is 36.7. The van der Waals surface area contributed by atoms with Gasteiger partial charge in [-0.05, 0) is 34.9 Å². The quantitative estimate of drug-likeness (QED) is 0.502. The first kappa shape index (κ1) is 17.4. The largest absolute Gasteiger partial charge is 0.508 e. The fourth-order valence-electron chi connectivity index (χ4n) is 2.93. The summed E-state index contributed by atoms with van der Waals surface area (Å²) in [5.41, 5.74) is 3.47. The van der Waals surface area contributed by atoms with E-state index in [1.165, 1.54) is 0 Å². The van der Waals surface area contributed by atoms with Gasteiger partial charge in [-0.3, -0.25) is 0 Å². The second-order valence-electron chi connectivity index (χ2n) is 6.11. The van der Waals surface area contributed by atoms with Gasteiger partial charge in [-0.15, -0.1) is 0 Å². The summed E-state index contributed by atoms with van der Waals surface area (Å²) in [6.07, 6.45) is 0.629. The number of nitrogens with one attached hydrogen (secondary N) is 2. The second kappa shape index (κ2) is 7.66. The van der Waals surface area contributed by atoms with Crippen LogP contribution in [0.1, 0.15) is 22.3 Å². The Morgan fingerprint density at radius 1 is 0.577 bits per heavy atom. The van der Waals surface area contributed by atoms with E-state index in [9.17, 15) is 10.2 Å². The first-order valence-corrected chi connectivity index (χ1v) is 8.34. The second-order valence-corrected chi connectivity index (χ2v) is 6.11. The molecule has 0 unspecified atom stereocenters. The Balaban J connectivity index is 1.84. The highest BCUT2D eigenvalue weighted by Gasteiger charge is 2.14. The van der Waals surface area contributed by atoms with Crippen LogP contribution in [0.3, 0.4) is 0 Å². The summed E-state index contributed by atoms with van der Waals surface area (Å²) in [5.74, 6) is 0.260. The molecule has 3 aromatic rings. The fraction of sp³-hybridized carbons (Fsp3) is 0.0909. The molecule has 3 rings (SSSR count). The molecule has 4 heteroatoms. The van der Waals surface area contributed by atoms with Gasteiger partial charge in [-0.1, -0.05) is 54.6 Å². The Bertz CT molecular complexity index is 964. The predicted molar refractivity (Wildman–Crippen MR) is 104 cm³/mol. The van der Waals surface area contributed by atoms with Crippen molar-refractivity contribution in [2.45, 2.75) is 12.8 Å². The van der Waals surface area contributed by atoms with Gasteiger partial charge >= 0.3 is 0 Å². The van der Waals surface area contributed by atoms with Gasteiger partial charge in [0, 0.05) is 29.8 Å². The number of para-hydroxylation sites is 2. The van der Waals surface area contributed by atoms with E-state index < -0.39 is 0 Å². The molecule has 0 bridgehead atoms. The minimum absolute atomic E-state index is 0.0827. The number of phenolic OH excluding ortho intramolecular Hbond substituents is 2. The average Bonchev–Trinajstić information content (AvgIpc) is 2.64. The number of hydrogen-bond donors (Lipinski definition) is 4. The van der Waals surface area contributed by atoms with Crippen LogP contribution in [0.25, 0.3) is 0 Å². The van der Waals surface area contributed by atoms with Gasteiger partial charge in [-0.25, -0.2) is 0 Å². The van der Waals surface area contributed by atoms with Crippen molar-refractivity contribution in [3.8, 4) is 11.5 Å². The Morgan fingerprint density at radius 2 is 1.04 bits per heavy atom. The van der Waals surface area contributed by atoms with Crippen molar-refractivity contribution in [1.82, 2.24) is 0 Å². The minimum atomic E-state index is 0.0827. The van der Waals surface area contributed by atoms with E-state index in [2.05, 4.69) is 0 Å². The first-order chi connectivity index (χ1) is 12.6. The molecule has 0 aliphatic carbocycles. The molecule has 0 aromatic heterocycles. The number of phenols is 2. The number of aromatic hydroxyl groups is 2. The number of rotatable bonds is 6. The Hall–Kier alpha value is -3.40. The lowest BCUT2D eigenvalue weighted by Crippen LogP contribution is -2.11. The van der Waals surface area contributed by atoms with E-state index in [-0.39, 0.29) is 11.5 Å². The van der Waals surface area contributed by atoms with Gasteiger partial charge < -0.3 is 21.0 Å². The van der Waals surface area contributed by atoms with Crippen molar-refractivity contribution in [2.24, 2.45) is 0 Å². The highest BCUT2D eigenvalue weighted by molar-refractivity contribution is 6.05. The van der Waals surface area contributed by atoms with E-state index in [1.807, 2.05) is 30.3 Å². The van der Waals surface area contributed by atoms with E-state index in [4.69, 9.17) is 10.8 Å². The zero-order valence-corrected chi connectivity index (χ0v) is 14.2. The molecule has 4 N–H and O–H groups in total. The molecule has 0 aliphatic rings. The minimum Gasteiger partial charge on any atom is -0.508 e. The molecule has 0 heterocycles. The molecule has 26 heavy (non-hydrogen) atoms. The average molecular weight is 344 g/mol. The molecule has 4 nitrogen and oxygen atoms in total. The van der Waals surface area contributed by atoms with Crippen molar-refractivity contribution >= 4 is 11.4 Å². The van der Waals surface area contributed by atoms with Gasteiger partial charge in [0.2, 0.25) is 0 Å². The fourth-order valence-corrected chi connectivity index (χ4v) is 2.93. The maximum atomic E-state index is 9.95. The third-order valence-corrected chi connectivity index (χ3v) is 4.30. The molecule has 0 radical (unpaired) electrons. The Kier molecular flexibility index (Phi) is 5.13. The van der Waals surface area contributed by atoms with Crippen LogP contribution in [0.15, 0.2) is 72.8 Å². The molecule has 0 fully saturated rings. The third-order valence-electron chi connectivity index (χ3n) is 4.30. The maximum absolute atomic E-state index is 9.95. The zero-order valence-electron chi connectivity index (χ0n) is 14.2. The van der Waals surface area contributed by atoms with Crippen LogP contribution in [-0.2, 0) is 12.8 Å². The number of hydrogen-bond acceptors (Lipinski definition) is 4. The van der Waals surface area contributed by atoms with E-state index in [0.717, 1.165) is 11.1 Å². The molecule has 0 aliphatic heterocycles. The molecule has 0 spiro atoms. The number of benzene rings is 3. The molecule has 0 saturated heterocycles. The third kappa shape index (κ3) is 3.81. The molecule has 0 amide bonds. The summed E-state index contributed by atoms with van der Waals surface area (Å²) in [4.78, 5) is 0. The van der Waals surface area contributed by atoms with Crippen molar-refractivity contribution in [3.63, 3.8) is 0 Å². The normalized spacial score (nSPS) is 10.5. The van der Waals surface area contributed by atoms with Gasteiger partial charge in [0.15, 0.2) is 0 Å². The molecule has 130 valence electrons. The van der Waals surface area contributed by atoms with Gasteiger partial charge in [-0.2, -0.15) is 0 Å². The highest BCUT2D eigenvalue weighted by Crippen LogP contribution is 2.22. The van der Waals surface area contributed by atoms with Crippen LogP contribution in [-0.4, -0.2) is 21.6 Å². The lowest BCUT2D eigenvalue weighted by atomic mass is 9.93. The van der Waals surface area contributed by atoms with Crippen LogP contribution in [0, 0.1) is 10.8 Å². The van der Waals surface area contributed by atoms with Gasteiger partial charge in [0.05, 0.1) is 0 Å². The van der Waals surface area contributed by atoms with Crippen molar-refractivity contribution in [2.75, 3.05) is 0 Å². The van der Waals surface area contributed by atoms with Crippen LogP contribution in [0.4, 0.5) is 0 Å². The summed E-state index contributed by atoms with van der Waals surface area (Å²) < 4.78 is 0. The molecule has 0 atom stereocenters. The van der Waals surface area contributed by atoms with Crippen LogP contribution < -0.4 is 0 Å². The van der Waals surface area contributed by atoms with Crippen molar-refractivity contribution in [3.05, 3.63) is 95.1 Å².